The van der Waals surface area contributed by atoms with E-state index in [2.05, 4.69) is 12.4 Å². The van der Waals surface area contributed by atoms with Gasteiger partial charge in [0.25, 0.3) is 0 Å². The van der Waals surface area contributed by atoms with E-state index >= 15 is 0 Å². The van der Waals surface area contributed by atoms with Crippen molar-refractivity contribution in [2.75, 3.05) is 5.48 Å². The Balaban J connectivity index is 1.96. The van der Waals surface area contributed by atoms with Crippen LogP contribution in [0.2, 0.25) is 0 Å². The van der Waals surface area contributed by atoms with E-state index in [1.807, 2.05) is 30.3 Å². The monoisotopic (exact) mass is 263 g/mol. The molecule has 0 aliphatic heterocycles. The number of anilines is 1. The second-order valence-electron chi connectivity index (χ2n) is 4.81. The van der Waals surface area contributed by atoms with Crippen molar-refractivity contribution in [1.29, 1.82) is 0 Å². The Morgan fingerprint density at radius 3 is 2.32 bits per heavy atom. The number of nitrogens with one attached hydrogen (secondary N) is 1. The van der Waals surface area contributed by atoms with E-state index in [1.54, 1.807) is 0 Å². The molecule has 19 heavy (non-hydrogen) atoms. The lowest BCUT2D eigenvalue weighted by molar-refractivity contribution is -0.140. The Morgan fingerprint density at radius 2 is 1.63 bits per heavy atom. The Kier molecular flexibility index (Phi) is 8.52. The zero-order valence-electron chi connectivity index (χ0n) is 11.9. The zero-order valence-corrected chi connectivity index (χ0v) is 11.9. The Morgan fingerprint density at radius 1 is 1.00 bits per heavy atom. The van der Waals surface area contributed by atoms with Gasteiger partial charge >= 0.3 is 5.97 Å². The molecule has 0 saturated carbocycles. The second-order valence-corrected chi connectivity index (χ2v) is 4.81. The van der Waals surface area contributed by atoms with Gasteiger partial charge in [0.15, 0.2) is 0 Å². The maximum absolute atomic E-state index is 11.5. The smallest absolute Gasteiger partial charge is 0.332 e. The van der Waals surface area contributed by atoms with E-state index in [0.717, 1.165) is 18.5 Å². The van der Waals surface area contributed by atoms with E-state index in [-0.39, 0.29) is 5.97 Å². The molecule has 0 spiro atoms. The van der Waals surface area contributed by atoms with Crippen LogP contribution in [-0.2, 0) is 9.63 Å². The van der Waals surface area contributed by atoms with Crippen LogP contribution in [0.3, 0.4) is 0 Å². The summed E-state index contributed by atoms with van der Waals surface area (Å²) in [4.78, 5) is 16.5. The third kappa shape index (κ3) is 8.25. The lowest BCUT2D eigenvalue weighted by Crippen LogP contribution is -2.09. The summed E-state index contributed by atoms with van der Waals surface area (Å²) in [6.45, 7) is 2.22. The molecule has 0 atom stereocenters. The van der Waals surface area contributed by atoms with Crippen LogP contribution in [-0.4, -0.2) is 5.97 Å². The summed E-state index contributed by atoms with van der Waals surface area (Å²) in [5.74, 6) is -0.183. The van der Waals surface area contributed by atoms with Gasteiger partial charge in [-0.05, 0) is 18.6 Å². The van der Waals surface area contributed by atoms with Crippen molar-refractivity contribution in [1.82, 2.24) is 0 Å². The second kappa shape index (κ2) is 10.4. The highest BCUT2D eigenvalue weighted by molar-refractivity contribution is 5.70. The summed E-state index contributed by atoms with van der Waals surface area (Å²) in [6.07, 6.45) is 8.95. The van der Waals surface area contributed by atoms with Gasteiger partial charge in [0.1, 0.15) is 0 Å². The van der Waals surface area contributed by atoms with Crippen molar-refractivity contribution >= 4 is 11.7 Å². The molecular formula is C16H25NO2. The molecule has 3 nitrogen and oxygen atoms in total. The molecule has 0 aliphatic rings. The van der Waals surface area contributed by atoms with Crippen LogP contribution in [0.15, 0.2) is 30.3 Å². The highest BCUT2D eigenvalue weighted by Gasteiger charge is 2.02. The standard InChI is InChI=1S/C16H25NO2/c1-2-3-4-5-6-7-11-14-16(18)19-17-15-12-9-8-10-13-15/h8-10,12-13,17H,2-7,11,14H2,1H3. The highest BCUT2D eigenvalue weighted by atomic mass is 16.7. The fraction of sp³-hybridized carbons (Fsp3) is 0.562. The Bertz CT molecular complexity index is 338. The number of carbonyl (C=O) groups is 1. The van der Waals surface area contributed by atoms with Crippen LogP contribution in [0.5, 0.6) is 0 Å². The first-order chi connectivity index (χ1) is 9.33. The van der Waals surface area contributed by atoms with Crippen molar-refractivity contribution < 1.29 is 9.63 Å². The first kappa shape index (κ1) is 15.5. The minimum absolute atomic E-state index is 0.183. The molecule has 1 rings (SSSR count). The molecule has 106 valence electrons. The quantitative estimate of drug-likeness (QED) is 0.491. The van der Waals surface area contributed by atoms with Gasteiger partial charge in [-0.15, -0.1) is 0 Å². The molecule has 1 N–H and O–H groups in total. The number of benzene rings is 1. The molecule has 0 saturated heterocycles. The maximum atomic E-state index is 11.5. The number of carbonyl (C=O) groups excluding carboxylic acids is 1. The summed E-state index contributed by atoms with van der Waals surface area (Å²) in [5, 5.41) is 0. The SMILES string of the molecule is CCCCCCCCCC(=O)ONc1ccccc1. The Hall–Kier alpha value is -1.51. The third-order valence-electron chi connectivity index (χ3n) is 3.04. The number of para-hydroxylation sites is 1. The van der Waals surface area contributed by atoms with Crippen molar-refractivity contribution in [2.24, 2.45) is 0 Å². The molecule has 1 aromatic rings. The van der Waals surface area contributed by atoms with Crippen LogP contribution >= 0.6 is 0 Å². The maximum Gasteiger partial charge on any atom is 0.332 e. The van der Waals surface area contributed by atoms with Crippen molar-refractivity contribution in [2.45, 2.75) is 58.3 Å². The van der Waals surface area contributed by atoms with E-state index in [0.29, 0.717) is 6.42 Å². The fourth-order valence-electron chi connectivity index (χ4n) is 1.90. The summed E-state index contributed by atoms with van der Waals surface area (Å²) in [7, 11) is 0. The number of hydrogen-bond donors (Lipinski definition) is 1. The third-order valence-corrected chi connectivity index (χ3v) is 3.04. The van der Waals surface area contributed by atoms with Gasteiger partial charge in [-0.2, -0.15) is 0 Å². The van der Waals surface area contributed by atoms with Crippen molar-refractivity contribution in [3.63, 3.8) is 0 Å². The van der Waals surface area contributed by atoms with E-state index in [4.69, 9.17) is 4.84 Å². The van der Waals surface area contributed by atoms with Gasteiger partial charge in [-0.25, -0.2) is 10.3 Å². The molecule has 0 heterocycles. The molecule has 0 aromatic heterocycles. The molecule has 0 amide bonds. The topological polar surface area (TPSA) is 38.3 Å². The summed E-state index contributed by atoms with van der Waals surface area (Å²) < 4.78 is 0. The molecule has 0 fully saturated rings. The van der Waals surface area contributed by atoms with Crippen molar-refractivity contribution in [3.8, 4) is 0 Å². The summed E-state index contributed by atoms with van der Waals surface area (Å²) >= 11 is 0. The molecule has 1 aromatic carbocycles. The predicted molar refractivity (Wildman–Crippen MR) is 78.8 cm³/mol. The molecule has 0 aliphatic carbocycles. The lowest BCUT2D eigenvalue weighted by Gasteiger charge is -2.06. The minimum Gasteiger partial charge on any atom is -0.343 e. The van der Waals surface area contributed by atoms with Gasteiger partial charge in [0.05, 0.1) is 5.69 Å². The van der Waals surface area contributed by atoms with Crippen LogP contribution in [0.1, 0.15) is 58.3 Å². The summed E-state index contributed by atoms with van der Waals surface area (Å²) in [6, 6.07) is 9.44. The van der Waals surface area contributed by atoms with Crippen LogP contribution in [0, 0.1) is 0 Å². The van der Waals surface area contributed by atoms with Crippen molar-refractivity contribution in [3.05, 3.63) is 30.3 Å². The first-order valence-electron chi connectivity index (χ1n) is 7.33. The number of unbranched alkanes of at least 4 members (excludes halogenated alkanes) is 6. The first-order valence-corrected chi connectivity index (χ1v) is 7.33. The molecule has 3 heteroatoms. The minimum atomic E-state index is -0.183. The zero-order chi connectivity index (χ0) is 13.8. The predicted octanol–water partition coefficient (Wildman–Crippen LogP) is 4.70. The number of hydrogen-bond acceptors (Lipinski definition) is 3. The van der Waals surface area contributed by atoms with E-state index < -0.39 is 0 Å². The van der Waals surface area contributed by atoms with E-state index in [1.165, 1.54) is 32.1 Å². The van der Waals surface area contributed by atoms with Crippen LogP contribution < -0.4 is 5.48 Å². The molecule has 0 bridgehead atoms. The van der Waals surface area contributed by atoms with E-state index in [9.17, 15) is 4.79 Å². The Labute approximate surface area is 116 Å². The van der Waals surface area contributed by atoms with Gasteiger partial charge < -0.3 is 4.84 Å². The fourth-order valence-corrected chi connectivity index (χ4v) is 1.90. The van der Waals surface area contributed by atoms with Crippen LogP contribution in [0.25, 0.3) is 0 Å². The van der Waals surface area contributed by atoms with Crippen LogP contribution in [0.4, 0.5) is 5.69 Å². The van der Waals surface area contributed by atoms with Gasteiger partial charge in [-0.3, -0.25) is 0 Å². The van der Waals surface area contributed by atoms with Gasteiger partial charge in [-0.1, -0.05) is 63.6 Å². The average Bonchev–Trinajstić information content (AvgIpc) is 2.45. The molecule has 0 radical (unpaired) electrons. The average molecular weight is 263 g/mol. The summed E-state index contributed by atoms with van der Waals surface area (Å²) in [5.41, 5.74) is 3.46. The molecular weight excluding hydrogens is 238 g/mol. The highest BCUT2D eigenvalue weighted by Crippen LogP contribution is 2.09. The molecule has 0 unspecified atom stereocenters. The number of rotatable bonds is 10. The lowest BCUT2D eigenvalue weighted by atomic mass is 10.1. The largest absolute Gasteiger partial charge is 0.343 e. The normalized spacial score (nSPS) is 10.2. The van der Waals surface area contributed by atoms with Gasteiger partial charge in [0.2, 0.25) is 0 Å². The van der Waals surface area contributed by atoms with Gasteiger partial charge in [0, 0.05) is 6.42 Å².